The molecular weight excluding hydrogens is 507 g/mol. The summed E-state index contributed by atoms with van der Waals surface area (Å²) in [5, 5.41) is 0. The highest BCUT2D eigenvalue weighted by Crippen LogP contribution is 2.26. The number of carbonyl (C=O) groups excluding carboxylic acids is 1. The molecule has 2 aromatic heterocycles. The highest BCUT2D eigenvalue weighted by Gasteiger charge is 2.23. The number of anilines is 1. The van der Waals surface area contributed by atoms with Gasteiger partial charge in [-0.15, -0.1) is 0 Å². The lowest BCUT2D eigenvalue weighted by atomic mass is 10.0. The summed E-state index contributed by atoms with van der Waals surface area (Å²) in [6, 6.07) is 6.06. The number of rotatable bonds is 5. The van der Waals surface area contributed by atoms with Crippen LogP contribution >= 0.6 is 0 Å². The van der Waals surface area contributed by atoms with Crippen molar-refractivity contribution < 1.29 is 17.6 Å². The van der Waals surface area contributed by atoms with Gasteiger partial charge >= 0.3 is 0 Å². The van der Waals surface area contributed by atoms with Crippen LogP contribution in [-0.2, 0) is 16.4 Å². The molecule has 1 aliphatic rings. The monoisotopic (exact) mass is 536 g/mol. The van der Waals surface area contributed by atoms with Gasteiger partial charge in [-0.2, -0.15) is 0 Å². The standard InChI is InChI=1S/C27H29FN6O3S/c1-5-24-22(8-6-19-14-25(18(2)29-16-19)32-38(4,36)37)26(31-17-30-24)20-7-9-21(23(28)15-20)27(35)34-12-10-33(3)11-13-34/h7,9,14-17,32H,5,10-13H2,1-4H3. The number of halogens is 1. The molecule has 0 saturated carbocycles. The summed E-state index contributed by atoms with van der Waals surface area (Å²) in [5.41, 5.74) is 3.46. The van der Waals surface area contributed by atoms with Gasteiger partial charge in [-0.25, -0.2) is 22.8 Å². The van der Waals surface area contributed by atoms with Crippen LogP contribution in [0.3, 0.4) is 0 Å². The Labute approximate surface area is 222 Å². The van der Waals surface area contributed by atoms with Crippen LogP contribution in [0.15, 0.2) is 36.8 Å². The first-order chi connectivity index (χ1) is 18.1. The van der Waals surface area contributed by atoms with Crippen molar-refractivity contribution in [2.75, 3.05) is 44.2 Å². The Bertz CT molecular complexity index is 1540. The fourth-order valence-electron chi connectivity index (χ4n) is 4.10. The number of nitrogens with zero attached hydrogens (tertiary/aromatic N) is 5. The fourth-order valence-corrected chi connectivity index (χ4v) is 4.70. The van der Waals surface area contributed by atoms with Crippen LogP contribution in [0.1, 0.15) is 39.8 Å². The summed E-state index contributed by atoms with van der Waals surface area (Å²) in [4.78, 5) is 29.6. The molecule has 11 heteroatoms. The van der Waals surface area contributed by atoms with Crippen molar-refractivity contribution in [2.45, 2.75) is 20.3 Å². The van der Waals surface area contributed by atoms with Crippen molar-refractivity contribution in [3.63, 3.8) is 0 Å². The molecule has 1 saturated heterocycles. The van der Waals surface area contributed by atoms with Gasteiger partial charge in [0.15, 0.2) is 0 Å². The molecule has 1 N–H and O–H groups in total. The van der Waals surface area contributed by atoms with Gasteiger partial charge in [0.25, 0.3) is 5.91 Å². The van der Waals surface area contributed by atoms with E-state index in [0.717, 1.165) is 19.3 Å². The molecule has 3 aromatic rings. The molecule has 0 radical (unpaired) electrons. The topological polar surface area (TPSA) is 108 Å². The number of aryl methyl sites for hydroxylation is 2. The second-order valence-electron chi connectivity index (χ2n) is 9.17. The van der Waals surface area contributed by atoms with Crippen LogP contribution in [-0.4, -0.2) is 78.6 Å². The molecule has 3 heterocycles. The zero-order chi connectivity index (χ0) is 27.4. The first kappa shape index (κ1) is 27.2. The van der Waals surface area contributed by atoms with Crippen molar-refractivity contribution >= 4 is 21.6 Å². The van der Waals surface area contributed by atoms with Crippen molar-refractivity contribution in [3.8, 4) is 23.1 Å². The zero-order valence-electron chi connectivity index (χ0n) is 21.7. The van der Waals surface area contributed by atoms with Crippen molar-refractivity contribution in [3.05, 3.63) is 70.7 Å². The highest BCUT2D eigenvalue weighted by atomic mass is 32.2. The SMILES string of the molecule is CCc1ncnc(-c2ccc(C(=O)N3CCN(C)CC3)c(F)c2)c1C#Cc1cnc(C)c(NS(C)(=O)=O)c1. The minimum atomic E-state index is -3.48. The largest absolute Gasteiger partial charge is 0.336 e. The van der Waals surface area contributed by atoms with Gasteiger partial charge in [0, 0.05) is 43.5 Å². The normalized spacial score (nSPS) is 14.1. The molecule has 0 spiro atoms. The van der Waals surface area contributed by atoms with E-state index in [9.17, 15) is 13.2 Å². The number of nitrogens with one attached hydrogen (secondary N) is 1. The first-order valence-electron chi connectivity index (χ1n) is 12.1. The van der Waals surface area contributed by atoms with E-state index in [0.29, 0.717) is 59.0 Å². The molecule has 1 aliphatic heterocycles. The third kappa shape index (κ3) is 6.33. The maximum absolute atomic E-state index is 15.2. The number of pyridine rings is 1. The van der Waals surface area contributed by atoms with Gasteiger partial charge in [0.1, 0.15) is 12.1 Å². The number of piperazine rings is 1. The number of likely N-dealkylation sites (N-methyl/N-ethyl adjacent to an activating group) is 1. The summed E-state index contributed by atoms with van der Waals surface area (Å²) in [6.07, 6.45) is 4.58. The average Bonchev–Trinajstić information content (AvgIpc) is 2.88. The number of aromatic nitrogens is 3. The summed E-state index contributed by atoms with van der Waals surface area (Å²) >= 11 is 0. The van der Waals surface area contributed by atoms with E-state index in [1.807, 2.05) is 14.0 Å². The van der Waals surface area contributed by atoms with Gasteiger partial charge in [-0.05, 0) is 38.6 Å². The predicted molar refractivity (Wildman–Crippen MR) is 144 cm³/mol. The molecular formula is C27H29FN6O3S. The molecule has 0 bridgehead atoms. The Balaban J connectivity index is 1.68. The Morgan fingerprint density at radius 3 is 2.50 bits per heavy atom. The molecule has 9 nitrogen and oxygen atoms in total. The van der Waals surface area contributed by atoms with Gasteiger partial charge in [-0.3, -0.25) is 14.5 Å². The third-order valence-electron chi connectivity index (χ3n) is 6.24. The quantitative estimate of drug-likeness (QED) is 0.500. The zero-order valence-corrected chi connectivity index (χ0v) is 22.6. The summed E-state index contributed by atoms with van der Waals surface area (Å²) < 4.78 is 41.0. The lowest BCUT2D eigenvalue weighted by Gasteiger charge is -2.32. The number of sulfonamides is 1. The Morgan fingerprint density at radius 1 is 1.11 bits per heavy atom. The van der Waals surface area contributed by atoms with Crippen LogP contribution in [0.25, 0.3) is 11.3 Å². The molecule has 4 rings (SSSR count). The van der Waals surface area contributed by atoms with Crippen LogP contribution in [0.5, 0.6) is 0 Å². The van der Waals surface area contributed by atoms with Crippen molar-refractivity contribution in [1.82, 2.24) is 24.8 Å². The van der Waals surface area contributed by atoms with Crippen LogP contribution < -0.4 is 4.72 Å². The molecule has 1 fully saturated rings. The Kier molecular flexibility index (Phi) is 8.04. The Hall–Kier alpha value is -3.88. The van der Waals surface area contributed by atoms with Gasteiger partial charge in [0.05, 0.1) is 40.2 Å². The van der Waals surface area contributed by atoms with E-state index in [1.54, 1.807) is 30.2 Å². The van der Waals surface area contributed by atoms with E-state index in [-0.39, 0.29) is 11.5 Å². The molecule has 0 unspecified atom stereocenters. The van der Waals surface area contributed by atoms with Gasteiger partial charge in [0.2, 0.25) is 10.0 Å². The number of hydrogen-bond donors (Lipinski definition) is 1. The van der Waals surface area contributed by atoms with Crippen LogP contribution in [0.2, 0.25) is 0 Å². The number of carbonyl (C=O) groups is 1. The minimum Gasteiger partial charge on any atom is -0.336 e. The van der Waals surface area contributed by atoms with Crippen LogP contribution in [0, 0.1) is 24.6 Å². The molecule has 0 atom stereocenters. The van der Waals surface area contributed by atoms with Crippen LogP contribution in [0.4, 0.5) is 10.1 Å². The Morgan fingerprint density at radius 2 is 1.84 bits per heavy atom. The van der Waals surface area contributed by atoms with Crippen molar-refractivity contribution in [1.29, 1.82) is 0 Å². The average molecular weight is 537 g/mol. The summed E-state index contributed by atoms with van der Waals surface area (Å²) in [7, 11) is -1.49. The maximum Gasteiger partial charge on any atom is 0.256 e. The van der Waals surface area contributed by atoms with Crippen molar-refractivity contribution in [2.24, 2.45) is 0 Å². The molecule has 1 aromatic carbocycles. The third-order valence-corrected chi connectivity index (χ3v) is 6.83. The lowest BCUT2D eigenvalue weighted by molar-refractivity contribution is 0.0659. The second-order valence-corrected chi connectivity index (χ2v) is 10.9. The lowest BCUT2D eigenvalue weighted by Crippen LogP contribution is -2.47. The predicted octanol–water partition coefficient (Wildman–Crippen LogP) is 2.71. The number of hydrogen-bond acceptors (Lipinski definition) is 7. The summed E-state index contributed by atoms with van der Waals surface area (Å²) in [6.45, 7) is 6.22. The molecule has 0 aliphatic carbocycles. The fraction of sp³-hybridized carbons (Fsp3) is 0.333. The first-order valence-corrected chi connectivity index (χ1v) is 14.0. The molecule has 198 valence electrons. The second kappa shape index (κ2) is 11.2. The summed E-state index contributed by atoms with van der Waals surface area (Å²) in [5.74, 6) is 5.13. The minimum absolute atomic E-state index is 0.0207. The van der Waals surface area contributed by atoms with E-state index in [2.05, 4.69) is 36.4 Å². The number of benzene rings is 1. The van der Waals surface area contributed by atoms with E-state index >= 15 is 4.39 Å². The van der Waals surface area contributed by atoms with E-state index in [1.165, 1.54) is 18.5 Å². The molecule has 1 amide bonds. The van der Waals surface area contributed by atoms with E-state index in [4.69, 9.17) is 0 Å². The maximum atomic E-state index is 15.2. The molecule has 38 heavy (non-hydrogen) atoms. The van der Waals surface area contributed by atoms with Gasteiger partial charge < -0.3 is 9.80 Å². The smallest absolute Gasteiger partial charge is 0.256 e. The van der Waals surface area contributed by atoms with E-state index < -0.39 is 15.8 Å². The number of amides is 1. The highest BCUT2D eigenvalue weighted by molar-refractivity contribution is 7.92. The van der Waals surface area contributed by atoms with Gasteiger partial charge in [-0.1, -0.05) is 24.8 Å².